The smallest absolute Gasteiger partial charge is 0.153 e. The standard InChI is InChI=1S/C11H20N4/c1-2-8-3-4-9(7-8)11-13-10(5-6-12)14-15-11/h8-9H,2-7,12H2,1H3,(H,13,14,15). The zero-order valence-electron chi connectivity index (χ0n) is 9.37. The zero-order chi connectivity index (χ0) is 10.7. The molecule has 1 aromatic rings. The second-order valence-electron chi connectivity index (χ2n) is 4.46. The largest absolute Gasteiger partial charge is 0.330 e. The first-order valence-electron chi connectivity index (χ1n) is 5.94. The van der Waals surface area contributed by atoms with E-state index in [9.17, 15) is 0 Å². The van der Waals surface area contributed by atoms with Crippen LogP contribution < -0.4 is 5.73 Å². The van der Waals surface area contributed by atoms with Crippen LogP contribution in [0.25, 0.3) is 0 Å². The third kappa shape index (κ3) is 2.37. The summed E-state index contributed by atoms with van der Waals surface area (Å²) in [5, 5.41) is 7.27. The van der Waals surface area contributed by atoms with E-state index in [0.717, 1.165) is 24.0 Å². The molecule has 0 spiro atoms. The van der Waals surface area contributed by atoms with E-state index in [2.05, 4.69) is 22.1 Å². The highest BCUT2D eigenvalue weighted by molar-refractivity contribution is 5.01. The molecule has 4 heteroatoms. The molecule has 15 heavy (non-hydrogen) atoms. The Bertz CT molecular complexity index is 307. The van der Waals surface area contributed by atoms with Gasteiger partial charge in [0.25, 0.3) is 0 Å². The molecule has 1 heterocycles. The van der Waals surface area contributed by atoms with E-state index in [0.29, 0.717) is 12.5 Å². The van der Waals surface area contributed by atoms with Gasteiger partial charge in [-0.05, 0) is 31.7 Å². The van der Waals surface area contributed by atoms with Crippen molar-refractivity contribution in [2.45, 2.75) is 44.9 Å². The third-order valence-electron chi connectivity index (χ3n) is 3.41. The summed E-state index contributed by atoms with van der Waals surface area (Å²) in [7, 11) is 0. The SMILES string of the molecule is CCC1CCC(c2n[nH]c(CCN)n2)C1. The van der Waals surface area contributed by atoms with Crippen molar-refractivity contribution < 1.29 is 0 Å². The highest BCUT2D eigenvalue weighted by Crippen LogP contribution is 2.38. The minimum absolute atomic E-state index is 0.581. The molecule has 2 unspecified atom stereocenters. The average Bonchev–Trinajstić information content (AvgIpc) is 2.85. The van der Waals surface area contributed by atoms with E-state index >= 15 is 0 Å². The maximum Gasteiger partial charge on any atom is 0.153 e. The van der Waals surface area contributed by atoms with Crippen molar-refractivity contribution in [1.29, 1.82) is 0 Å². The van der Waals surface area contributed by atoms with Crippen LogP contribution in [0.2, 0.25) is 0 Å². The number of aromatic nitrogens is 3. The second-order valence-corrected chi connectivity index (χ2v) is 4.46. The molecule has 1 saturated carbocycles. The van der Waals surface area contributed by atoms with Crippen LogP contribution in [0.1, 0.15) is 50.2 Å². The molecule has 0 aliphatic heterocycles. The summed E-state index contributed by atoms with van der Waals surface area (Å²) in [6.45, 7) is 2.90. The lowest BCUT2D eigenvalue weighted by Crippen LogP contribution is -2.04. The molecule has 4 nitrogen and oxygen atoms in total. The van der Waals surface area contributed by atoms with Gasteiger partial charge in [0.05, 0.1) is 0 Å². The van der Waals surface area contributed by atoms with Gasteiger partial charge in [0, 0.05) is 12.3 Å². The summed E-state index contributed by atoms with van der Waals surface area (Å²) in [5.74, 6) is 3.41. The first-order valence-corrected chi connectivity index (χ1v) is 5.94. The van der Waals surface area contributed by atoms with E-state index in [-0.39, 0.29) is 0 Å². The van der Waals surface area contributed by atoms with Crippen LogP contribution in [0.5, 0.6) is 0 Å². The van der Waals surface area contributed by atoms with Gasteiger partial charge in [0.15, 0.2) is 5.82 Å². The van der Waals surface area contributed by atoms with Gasteiger partial charge in [0.1, 0.15) is 5.82 Å². The van der Waals surface area contributed by atoms with Gasteiger partial charge in [-0.25, -0.2) is 4.98 Å². The quantitative estimate of drug-likeness (QED) is 0.789. The van der Waals surface area contributed by atoms with E-state index in [4.69, 9.17) is 5.73 Å². The lowest BCUT2D eigenvalue weighted by atomic mass is 10.0. The number of hydrogen-bond acceptors (Lipinski definition) is 3. The Morgan fingerprint density at radius 3 is 3.00 bits per heavy atom. The molecule has 3 N–H and O–H groups in total. The molecular weight excluding hydrogens is 188 g/mol. The fourth-order valence-corrected chi connectivity index (χ4v) is 2.42. The molecule has 1 aromatic heterocycles. The molecule has 1 fully saturated rings. The van der Waals surface area contributed by atoms with Crippen molar-refractivity contribution in [3.8, 4) is 0 Å². The fourth-order valence-electron chi connectivity index (χ4n) is 2.42. The second kappa shape index (κ2) is 4.75. The summed E-state index contributed by atoms with van der Waals surface area (Å²) in [6.07, 6.45) is 5.93. The molecule has 84 valence electrons. The lowest BCUT2D eigenvalue weighted by molar-refractivity contribution is 0.517. The number of H-pyrrole nitrogens is 1. The van der Waals surface area contributed by atoms with Crippen LogP contribution >= 0.6 is 0 Å². The Hall–Kier alpha value is -0.900. The molecule has 1 aliphatic carbocycles. The highest BCUT2D eigenvalue weighted by Gasteiger charge is 2.27. The van der Waals surface area contributed by atoms with Crippen LogP contribution in [0, 0.1) is 5.92 Å². The van der Waals surface area contributed by atoms with Gasteiger partial charge in [-0.1, -0.05) is 13.3 Å². The topological polar surface area (TPSA) is 67.6 Å². The van der Waals surface area contributed by atoms with E-state index in [1.165, 1.54) is 25.7 Å². The van der Waals surface area contributed by atoms with Crippen LogP contribution in [-0.2, 0) is 6.42 Å². The molecule has 0 amide bonds. The minimum Gasteiger partial charge on any atom is -0.330 e. The molecule has 1 aliphatic rings. The molecule has 0 radical (unpaired) electrons. The Morgan fingerprint density at radius 1 is 1.47 bits per heavy atom. The number of nitrogens with zero attached hydrogens (tertiary/aromatic N) is 2. The first kappa shape index (κ1) is 10.6. The van der Waals surface area contributed by atoms with Crippen LogP contribution in [-0.4, -0.2) is 21.7 Å². The van der Waals surface area contributed by atoms with E-state index < -0.39 is 0 Å². The summed E-state index contributed by atoms with van der Waals surface area (Å²) in [5.41, 5.74) is 5.48. The van der Waals surface area contributed by atoms with Gasteiger partial charge >= 0.3 is 0 Å². The van der Waals surface area contributed by atoms with Gasteiger partial charge in [-0.15, -0.1) is 0 Å². The maximum absolute atomic E-state index is 5.48. The summed E-state index contributed by atoms with van der Waals surface area (Å²) in [4.78, 5) is 4.50. The van der Waals surface area contributed by atoms with Crippen molar-refractivity contribution in [3.05, 3.63) is 11.6 Å². The van der Waals surface area contributed by atoms with Crippen LogP contribution in [0.4, 0.5) is 0 Å². The Labute approximate surface area is 90.7 Å². The predicted molar refractivity (Wildman–Crippen MR) is 59.5 cm³/mol. The normalized spacial score (nSPS) is 26.0. The number of hydrogen-bond donors (Lipinski definition) is 2. The number of aromatic amines is 1. The molecule has 2 atom stereocenters. The van der Waals surface area contributed by atoms with Crippen molar-refractivity contribution in [2.75, 3.05) is 6.54 Å². The predicted octanol–water partition coefficient (Wildman–Crippen LogP) is 1.60. The Balaban J connectivity index is 1.97. The number of nitrogens with two attached hydrogens (primary N) is 1. The third-order valence-corrected chi connectivity index (χ3v) is 3.41. The molecular formula is C11H20N4. The average molecular weight is 208 g/mol. The van der Waals surface area contributed by atoms with Crippen LogP contribution in [0.15, 0.2) is 0 Å². The van der Waals surface area contributed by atoms with Crippen molar-refractivity contribution in [2.24, 2.45) is 11.7 Å². The highest BCUT2D eigenvalue weighted by atomic mass is 15.2. The van der Waals surface area contributed by atoms with Crippen molar-refractivity contribution >= 4 is 0 Å². The van der Waals surface area contributed by atoms with Crippen LogP contribution in [0.3, 0.4) is 0 Å². The zero-order valence-corrected chi connectivity index (χ0v) is 9.37. The van der Waals surface area contributed by atoms with E-state index in [1.807, 2.05) is 0 Å². The lowest BCUT2D eigenvalue weighted by Gasteiger charge is -2.05. The summed E-state index contributed by atoms with van der Waals surface area (Å²) < 4.78 is 0. The molecule has 0 bridgehead atoms. The minimum atomic E-state index is 0.581. The fraction of sp³-hybridized carbons (Fsp3) is 0.818. The van der Waals surface area contributed by atoms with Crippen molar-refractivity contribution in [3.63, 3.8) is 0 Å². The number of nitrogens with one attached hydrogen (secondary N) is 1. The first-order chi connectivity index (χ1) is 7.33. The van der Waals surface area contributed by atoms with Gasteiger partial charge in [-0.2, -0.15) is 5.10 Å². The van der Waals surface area contributed by atoms with Crippen molar-refractivity contribution in [1.82, 2.24) is 15.2 Å². The molecule has 0 aromatic carbocycles. The Kier molecular flexibility index (Phi) is 3.36. The summed E-state index contributed by atoms with van der Waals surface area (Å²) >= 11 is 0. The molecule has 2 rings (SSSR count). The summed E-state index contributed by atoms with van der Waals surface area (Å²) in [6, 6.07) is 0. The number of rotatable bonds is 4. The molecule has 0 saturated heterocycles. The maximum atomic E-state index is 5.48. The van der Waals surface area contributed by atoms with Gasteiger partial charge < -0.3 is 5.73 Å². The monoisotopic (exact) mass is 208 g/mol. The Morgan fingerprint density at radius 2 is 2.33 bits per heavy atom. The van der Waals surface area contributed by atoms with Gasteiger partial charge in [-0.3, -0.25) is 5.10 Å². The van der Waals surface area contributed by atoms with E-state index in [1.54, 1.807) is 0 Å². The van der Waals surface area contributed by atoms with Gasteiger partial charge in [0.2, 0.25) is 0 Å².